The van der Waals surface area contributed by atoms with Crippen molar-refractivity contribution in [2.45, 2.75) is 0 Å². The van der Waals surface area contributed by atoms with Gasteiger partial charge in [-0.1, -0.05) is 54.6 Å². The third-order valence-corrected chi connectivity index (χ3v) is 2.63. The van der Waals surface area contributed by atoms with Crippen molar-refractivity contribution in [3.8, 4) is 5.75 Å². The van der Waals surface area contributed by atoms with Crippen LogP contribution in [0, 0.1) is 0 Å². The molecule has 90 valence electrons. The summed E-state index contributed by atoms with van der Waals surface area (Å²) < 4.78 is 0. The van der Waals surface area contributed by atoms with Crippen LogP contribution < -0.4 is 5.46 Å². The van der Waals surface area contributed by atoms with Crippen LogP contribution in [-0.2, 0) is 0 Å². The van der Waals surface area contributed by atoms with E-state index in [0.717, 1.165) is 11.1 Å². The van der Waals surface area contributed by atoms with Gasteiger partial charge in [-0.15, -0.1) is 0 Å². The van der Waals surface area contributed by atoms with Gasteiger partial charge in [0, 0.05) is 5.56 Å². The summed E-state index contributed by atoms with van der Waals surface area (Å²) in [6.45, 7) is 0. The molecule has 0 radical (unpaired) electrons. The minimum atomic E-state index is -1.44. The molecular weight excluding hydrogens is 227 g/mol. The van der Waals surface area contributed by atoms with E-state index in [2.05, 4.69) is 0 Å². The molecule has 0 aromatic heterocycles. The van der Waals surface area contributed by atoms with Crippen molar-refractivity contribution in [2.24, 2.45) is 0 Å². The molecule has 0 bridgehead atoms. The summed E-state index contributed by atoms with van der Waals surface area (Å²) in [5.41, 5.74) is 2.11. The topological polar surface area (TPSA) is 60.7 Å². The van der Waals surface area contributed by atoms with E-state index in [1.165, 1.54) is 0 Å². The van der Waals surface area contributed by atoms with E-state index in [-0.39, 0.29) is 5.75 Å². The summed E-state index contributed by atoms with van der Waals surface area (Å²) in [5, 5.41) is 27.5. The van der Waals surface area contributed by atoms with Gasteiger partial charge in [0.05, 0.1) is 0 Å². The maximum Gasteiger partial charge on any atom is 0.488 e. The zero-order valence-electron chi connectivity index (χ0n) is 9.69. The number of phenols is 1. The highest BCUT2D eigenvalue weighted by molar-refractivity contribution is 6.58. The number of hydrogen-bond acceptors (Lipinski definition) is 3. The van der Waals surface area contributed by atoms with Crippen molar-refractivity contribution in [3.63, 3.8) is 0 Å². The summed E-state index contributed by atoms with van der Waals surface area (Å²) in [5.74, 6) is 0.233. The fraction of sp³-hybridized carbons (Fsp3) is 0. The van der Waals surface area contributed by atoms with E-state index in [0.29, 0.717) is 5.46 Å². The smallest absolute Gasteiger partial charge is 0.488 e. The summed E-state index contributed by atoms with van der Waals surface area (Å²) in [6.07, 6.45) is 3.66. The number of hydrogen-bond donors (Lipinski definition) is 3. The second kappa shape index (κ2) is 5.53. The minimum absolute atomic E-state index is 0.233. The molecule has 0 unspecified atom stereocenters. The molecule has 2 aromatic rings. The lowest BCUT2D eigenvalue weighted by atomic mass is 9.80. The van der Waals surface area contributed by atoms with E-state index in [4.69, 9.17) is 10.0 Å². The molecule has 0 aliphatic carbocycles. The molecule has 0 amide bonds. The van der Waals surface area contributed by atoms with E-state index < -0.39 is 7.12 Å². The number of rotatable bonds is 3. The minimum Gasteiger partial charge on any atom is -0.507 e. The van der Waals surface area contributed by atoms with E-state index in [1.54, 1.807) is 42.5 Å². The summed E-state index contributed by atoms with van der Waals surface area (Å²) in [6, 6.07) is 13.9. The van der Waals surface area contributed by atoms with E-state index in [9.17, 15) is 5.11 Å². The zero-order valence-corrected chi connectivity index (χ0v) is 9.69. The average molecular weight is 240 g/mol. The van der Waals surface area contributed by atoms with Crippen LogP contribution in [0.4, 0.5) is 0 Å². The van der Waals surface area contributed by atoms with Crippen LogP contribution in [0.3, 0.4) is 0 Å². The highest BCUT2D eigenvalue weighted by Crippen LogP contribution is 2.18. The van der Waals surface area contributed by atoms with Gasteiger partial charge in [-0.05, 0) is 17.1 Å². The number of aromatic hydroxyl groups is 1. The Bertz CT molecular complexity index is 547. The van der Waals surface area contributed by atoms with Crippen molar-refractivity contribution in [1.29, 1.82) is 0 Å². The van der Waals surface area contributed by atoms with Crippen molar-refractivity contribution >= 4 is 24.7 Å². The average Bonchev–Trinajstić information content (AvgIpc) is 2.38. The van der Waals surface area contributed by atoms with Crippen LogP contribution in [0.2, 0.25) is 0 Å². The van der Waals surface area contributed by atoms with Gasteiger partial charge in [0.25, 0.3) is 0 Å². The standard InChI is InChI=1S/C14H13BO3/c16-14-4-2-1-3-12(14)8-5-11-6-9-13(10-7-11)15(17)18/h1-10,16-18H. The molecule has 0 aliphatic heterocycles. The largest absolute Gasteiger partial charge is 0.507 e. The molecule has 3 nitrogen and oxygen atoms in total. The second-order valence-electron chi connectivity index (χ2n) is 3.93. The Morgan fingerprint density at radius 2 is 1.50 bits per heavy atom. The SMILES string of the molecule is OB(O)c1ccc(C=Cc2ccccc2O)cc1. The summed E-state index contributed by atoms with van der Waals surface area (Å²) in [7, 11) is -1.44. The third kappa shape index (κ3) is 3.00. The number of para-hydroxylation sites is 1. The van der Waals surface area contributed by atoms with Gasteiger partial charge < -0.3 is 15.2 Å². The molecule has 0 heterocycles. The van der Waals surface area contributed by atoms with Crippen LogP contribution in [0.5, 0.6) is 5.75 Å². The molecule has 2 rings (SSSR count). The first-order valence-electron chi connectivity index (χ1n) is 5.59. The highest BCUT2D eigenvalue weighted by Gasteiger charge is 2.08. The fourth-order valence-corrected chi connectivity index (χ4v) is 1.59. The van der Waals surface area contributed by atoms with Gasteiger partial charge >= 0.3 is 7.12 Å². The van der Waals surface area contributed by atoms with E-state index in [1.807, 2.05) is 18.2 Å². The second-order valence-corrected chi connectivity index (χ2v) is 3.93. The predicted molar refractivity (Wildman–Crippen MR) is 73.3 cm³/mol. The molecule has 0 spiro atoms. The number of benzene rings is 2. The molecule has 2 aromatic carbocycles. The molecule has 0 aliphatic rings. The van der Waals surface area contributed by atoms with Crippen molar-refractivity contribution < 1.29 is 15.2 Å². The van der Waals surface area contributed by atoms with E-state index >= 15 is 0 Å². The molecule has 0 saturated carbocycles. The lowest BCUT2D eigenvalue weighted by Crippen LogP contribution is -2.29. The van der Waals surface area contributed by atoms with Gasteiger partial charge in [0.1, 0.15) is 5.75 Å². The van der Waals surface area contributed by atoms with Gasteiger partial charge in [0.2, 0.25) is 0 Å². The predicted octanol–water partition coefficient (Wildman–Crippen LogP) is 1.24. The van der Waals surface area contributed by atoms with Crippen LogP contribution in [0.15, 0.2) is 48.5 Å². The van der Waals surface area contributed by atoms with Gasteiger partial charge in [0.15, 0.2) is 0 Å². The lowest BCUT2D eigenvalue weighted by Gasteiger charge is -2.00. The highest BCUT2D eigenvalue weighted by atomic mass is 16.4. The van der Waals surface area contributed by atoms with Crippen molar-refractivity contribution in [2.75, 3.05) is 0 Å². The number of phenolic OH excluding ortho intramolecular Hbond substituents is 1. The summed E-state index contributed by atoms with van der Waals surface area (Å²) >= 11 is 0. The Balaban J connectivity index is 2.17. The Hall–Kier alpha value is -2.04. The van der Waals surface area contributed by atoms with Crippen LogP contribution >= 0.6 is 0 Å². The zero-order chi connectivity index (χ0) is 13.0. The molecule has 18 heavy (non-hydrogen) atoms. The van der Waals surface area contributed by atoms with Crippen LogP contribution in [0.25, 0.3) is 12.2 Å². The normalized spacial score (nSPS) is 10.8. The Morgan fingerprint density at radius 3 is 2.11 bits per heavy atom. The first kappa shape index (κ1) is 12.4. The molecule has 4 heteroatoms. The van der Waals surface area contributed by atoms with Crippen molar-refractivity contribution in [1.82, 2.24) is 0 Å². The molecular formula is C14H13BO3. The van der Waals surface area contributed by atoms with Crippen molar-refractivity contribution in [3.05, 3.63) is 59.7 Å². The molecule has 0 saturated heterocycles. The first-order valence-corrected chi connectivity index (χ1v) is 5.59. The Labute approximate surface area is 106 Å². The fourth-order valence-electron chi connectivity index (χ4n) is 1.59. The monoisotopic (exact) mass is 240 g/mol. The third-order valence-electron chi connectivity index (χ3n) is 2.63. The summed E-state index contributed by atoms with van der Waals surface area (Å²) in [4.78, 5) is 0. The molecule has 0 fully saturated rings. The van der Waals surface area contributed by atoms with Gasteiger partial charge in [-0.3, -0.25) is 0 Å². The molecule has 0 atom stereocenters. The Morgan fingerprint density at radius 1 is 0.833 bits per heavy atom. The lowest BCUT2D eigenvalue weighted by molar-refractivity contribution is 0.426. The van der Waals surface area contributed by atoms with Crippen LogP contribution in [0.1, 0.15) is 11.1 Å². The molecule has 3 N–H and O–H groups in total. The van der Waals surface area contributed by atoms with Gasteiger partial charge in [-0.25, -0.2) is 0 Å². The van der Waals surface area contributed by atoms with Crippen LogP contribution in [-0.4, -0.2) is 22.3 Å². The maximum absolute atomic E-state index is 9.59. The maximum atomic E-state index is 9.59. The Kier molecular flexibility index (Phi) is 3.82. The van der Waals surface area contributed by atoms with Gasteiger partial charge in [-0.2, -0.15) is 0 Å². The first-order chi connectivity index (χ1) is 8.66. The quantitative estimate of drug-likeness (QED) is 0.558.